The van der Waals surface area contributed by atoms with Crippen molar-refractivity contribution in [2.24, 2.45) is 0 Å². The van der Waals surface area contributed by atoms with E-state index in [0.29, 0.717) is 27.5 Å². The van der Waals surface area contributed by atoms with E-state index in [-0.39, 0.29) is 22.4 Å². The molecule has 3 N–H and O–H groups in total. The number of carbonyl (C=O) groups is 3. The van der Waals surface area contributed by atoms with Gasteiger partial charge in [-0.15, -0.1) is 11.8 Å². The molecule has 202 valence electrons. The summed E-state index contributed by atoms with van der Waals surface area (Å²) in [4.78, 5) is 39.0. The van der Waals surface area contributed by atoms with Crippen molar-refractivity contribution in [3.63, 3.8) is 0 Å². The molecule has 0 saturated heterocycles. The van der Waals surface area contributed by atoms with Gasteiger partial charge in [0.05, 0.1) is 10.8 Å². The molecule has 0 aliphatic heterocycles. The van der Waals surface area contributed by atoms with Gasteiger partial charge < -0.3 is 16.0 Å². The SMILES string of the molecule is O=C(CSc1ccc(NC(=O)/C(=C/c2cccc(Cl)c2)NC(=O)c2ccccc2)cc1)Nc1ccc(F)c(Cl)c1. The first kappa shape index (κ1) is 28.9. The van der Waals surface area contributed by atoms with Crippen molar-refractivity contribution in [1.82, 2.24) is 5.32 Å². The molecule has 10 heteroatoms. The summed E-state index contributed by atoms with van der Waals surface area (Å²) < 4.78 is 13.3. The van der Waals surface area contributed by atoms with Crippen LogP contribution in [-0.4, -0.2) is 23.5 Å². The average molecular weight is 594 g/mol. The lowest BCUT2D eigenvalue weighted by Crippen LogP contribution is -2.30. The van der Waals surface area contributed by atoms with Crippen LogP contribution in [0.3, 0.4) is 0 Å². The molecule has 0 saturated carbocycles. The van der Waals surface area contributed by atoms with Crippen molar-refractivity contribution in [3.05, 3.63) is 130 Å². The van der Waals surface area contributed by atoms with Crippen LogP contribution in [-0.2, 0) is 9.59 Å². The van der Waals surface area contributed by atoms with Crippen LogP contribution in [0.1, 0.15) is 15.9 Å². The zero-order valence-corrected chi connectivity index (χ0v) is 23.1. The molecule has 0 spiro atoms. The molecule has 4 rings (SSSR count). The second-order valence-corrected chi connectivity index (χ2v) is 10.3. The summed E-state index contributed by atoms with van der Waals surface area (Å²) in [6.45, 7) is 0. The van der Waals surface area contributed by atoms with Gasteiger partial charge in [-0.05, 0) is 78.4 Å². The lowest BCUT2D eigenvalue weighted by molar-refractivity contribution is -0.114. The van der Waals surface area contributed by atoms with Crippen LogP contribution in [0.4, 0.5) is 15.8 Å². The van der Waals surface area contributed by atoms with Crippen molar-refractivity contribution < 1.29 is 18.8 Å². The van der Waals surface area contributed by atoms with Gasteiger partial charge in [0, 0.05) is 26.9 Å². The second-order valence-electron chi connectivity index (χ2n) is 8.38. The highest BCUT2D eigenvalue weighted by Crippen LogP contribution is 2.23. The Labute approximate surface area is 244 Å². The average Bonchev–Trinajstić information content (AvgIpc) is 2.95. The van der Waals surface area contributed by atoms with Gasteiger partial charge in [0.15, 0.2) is 0 Å². The number of nitrogens with one attached hydrogen (secondary N) is 3. The van der Waals surface area contributed by atoms with Crippen LogP contribution in [0.5, 0.6) is 0 Å². The number of benzene rings is 4. The molecular weight excluding hydrogens is 572 g/mol. The predicted molar refractivity (Wildman–Crippen MR) is 159 cm³/mol. The van der Waals surface area contributed by atoms with Gasteiger partial charge in [0.1, 0.15) is 11.5 Å². The maximum absolute atomic E-state index is 13.3. The van der Waals surface area contributed by atoms with E-state index < -0.39 is 17.6 Å². The van der Waals surface area contributed by atoms with Crippen molar-refractivity contribution >= 4 is 70.1 Å². The van der Waals surface area contributed by atoms with E-state index in [0.717, 1.165) is 4.90 Å². The molecule has 0 radical (unpaired) electrons. The molecule has 6 nitrogen and oxygen atoms in total. The summed E-state index contributed by atoms with van der Waals surface area (Å²) in [5.74, 6) is -1.69. The Balaban J connectivity index is 1.40. The Kier molecular flexibility index (Phi) is 9.96. The van der Waals surface area contributed by atoms with Crippen LogP contribution < -0.4 is 16.0 Å². The van der Waals surface area contributed by atoms with Gasteiger partial charge in [-0.25, -0.2) is 4.39 Å². The fourth-order valence-corrected chi connectivity index (χ4v) is 4.54. The largest absolute Gasteiger partial charge is 0.325 e. The molecule has 0 heterocycles. The zero-order valence-electron chi connectivity index (χ0n) is 20.8. The number of hydrogen-bond acceptors (Lipinski definition) is 4. The van der Waals surface area contributed by atoms with Crippen molar-refractivity contribution in [2.75, 3.05) is 16.4 Å². The van der Waals surface area contributed by atoms with Gasteiger partial charge >= 0.3 is 0 Å². The third-order valence-electron chi connectivity index (χ3n) is 5.37. The molecule has 3 amide bonds. The van der Waals surface area contributed by atoms with Gasteiger partial charge in [0.25, 0.3) is 11.8 Å². The Morgan fingerprint density at radius 2 is 1.52 bits per heavy atom. The lowest BCUT2D eigenvalue weighted by atomic mass is 10.1. The molecule has 0 aromatic heterocycles. The van der Waals surface area contributed by atoms with Crippen molar-refractivity contribution in [3.8, 4) is 0 Å². The third-order valence-corrected chi connectivity index (χ3v) is 6.91. The highest BCUT2D eigenvalue weighted by Gasteiger charge is 2.15. The number of carbonyl (C=O) groups excluding carboxylic acids is 3. The Morgan fingerprint density at radius 3 is 2.23 bits per heavy atom. The van der Waals surface area contributed by atoms with E-state index in [9.17, 15) is 18.8 Å². The standard InChI is InChI=1S/C30H22Cl2FN3O3S/c31-21-8-4-5-19(15-21)16-27(36-29(38)20-6-2-1-3-7-20)30(39)35-22-9-12-24(13-10-22)40-18-28(37)34-23-11-14-26(33)25(32)17-23/h1-17H,18H2,(H,34,37)(H,35,39)(H,36,38)/b27-16-. The molecule has 0 aliphatic carbocycles. The van der Waals surface area contributed by atoms with Crippen LogP contribution in [0, 0.1) is 5.82 Å². The van der Waals surface area contributed by atoms with Crippen LogP contribution in [0.25, 0.3) is 6.08 Å². The molecule has 0 aliphatic rings. The quantitative estimate of drug-likeness (QED) is 0.141. The number of rotatable bonds is 9. The Bertz CT molecular complexity index is 1560. The molecular formula is C30H22Cl2FN3O3S. The second kappa shape index (κ2) is 13.8. The van der Waals surface area contributed by atoms with Crippen molar-refractivity contribution in [1.29, 1.82) is 0 Å². The van der Waals surface area contributed by atoms with Gasteiger partial charge in [-0.2, -0.15) is 0 Å². The first-order chi connectivity index (χ1) is 19.3. The Morgan fingerprint density at radius 1 is 0.800 bits per heavy atom. The molecule has 0 fully saturated rings. The van der Waals surface area contributed by atoms with E-state index in [2.05, 4.69) is 16.0 Å². The molecule has 4 aromatic rings. The summed E-state index contributed by atoms with van der Waals surface area (Å²) in [6, 6.07) is 26.3. The van der Waals surface area contributed by atoms with Crippen LogP contribution in [0.2, 0.25) is 10.0 Å². The third kappa shape index (κ3) is 8.44. The van der Waals surface area contributed by atoms with E-state index in [1.165, 1.54) is 30.0 Å². The van der Waals surface area contributed by atoms with E-state index >= 15 is 0 Å². The Hall–Kier alpha value is -4.11. The monoisotopic (exact) mass is 593 g/mol. The number of anilines is 2. The smallest absolute Gasteiger partial charge is 0.272 e. The minimum Gasteiger partial charge on any atom is -0.325 e. The summed E-state index contributed by atoms with van der Waals surface area (Å²) in [6.07, 6.45) is 1.54. The minimum atomic E-state index is -0.563. The first-order valence-corrected chi connectivity index (χ1v) is 13.6. The van der Waals surface area contributed by atoms with E-state index in [1.807, 2.05) is 0 Å². The van der Waals surface area contributed by atoms with Crippen molar-refractivity contribution in [2.45, 2.75) is 4.90 Å². The molecule has 0 atom stereocenters. The highest BCUT2D eigenvalue weighted by molar-refractivity contribution is 8.00. The van der Waals surface area contributed by atoms with Crippen LogP contribution >= 0.6 is 35.0 Å². The lowest BCUT2D eigenvalue weighted by Gasteiger charge is -2.12. The number of amides is 3. The summed E-state index contributed by atoms with van der Waals surface area (Å²) in [5.41, 5.74) is 1.97. The van der Waals surface area contributed by atoms with Gasteiger partial charge in [-0.1, -0.05) is 53.5 Å². The van der Waals surface area contributed by atoms with E-state index in [1.54, 1.807) is 84.9 Å². The fourth-order valence-electron chi connectivity index (χ4n) is 3.46. The molecule has 40 heavy (non-hydrogen) atoms. The normalized spacial score (nSPS) is 11.0. The molecule has 0 bridgehead atoms. The minimum absolute atomic E-state index is 0.0344. The maximum atomic E-state index is 13.3. The predicted octanol–water partition coefficient (Wildman–Crippen LogP) is 7.27. The first-order valence-electron chi connectivity index (χ1n) is 11.9. The summed E-state index contributed by atoms with van der Waals surface area (Å²) in [7, 11) is 0. The van der Waals surface area contributed by atoms with Gasteiger partial charge in [0.2, 0.25) is 5.91 Å². The molecule has 0 unspecified atom stereocenters. The summed E-state index contributed by atoms with van der Waals surface area (Å²) in [5, 5.41) is 8.54. The molecule has 4 aromatic carbocycles. The maximum Gasteiger partial charge on any atom is 0.272 e. The zero-order chi connectivity index (χ0) is 28.5. The number of thioether (sulfide) groups is 1. The fraction of sp³-hybridized carbons (Fsp3) is 0.0333. The topological polar surface area (TPSA) is 87.3 Å². The number of hydrogen-bond donors (Lipinski definition) is 3. The summed E-state index contributed by atoms with van der Waals surface area (Å²) >= 11 is 13.1. The van der Waals surface area contributed by atoms with E-state index in [4.69, 9.17) is 23.2 Å². The van der Waals surface area contributed by atoms with Gasteiger partial charge in [-0.3, -0.25) is 14.4 Å². The highest BCUT2D eigenvalue weighted by atomic mass is 35.5. The van der Waals surface area contributed by atoms with Crippen LogP contribution in [0.15, 0.2) is 108 Å². The number of halogens is 3.